The van der Waals surface area contributed by atoms with Crippen molar-refractivity contribution in [1.82, 2.24) is 10.2 Å². The Bertz CT molecular complexity index is 936. The third-order valence-corrected chi connectivity index (χ3v) is 6.51. The highest BCUT2D eigenvalue weighted by Gasteiger charge is 2.35. The number of nitrogens with zero attached hydrogens (tertiary/aromatic N) is 3. The van der Waals surface area contributed by atoms with E-state index in [1.165, 1.54) is 11.2 Å². The first kappa shape index (κ1) is 16.5. The lowest BCUT2D eigenvalue weighted by atomic mass is 9.99. The maximum atomic E-state index is 12.9. The fraction of sp³-hybridized carbons (Fsp3) is 0.286. The second-order valence-corrected chi connectivity index (χ2v) is 8.29. The molecule has 0 fully saturated rings. The number of anilines is 2. The van der Waals surface area contributed by atoms with E-state index in [2.05, 4.69) is 15.5 Å². The quantitative estimate of drug-likeness (QED) is 0.826. The first-order chi connectivity index (χ1) is 11.3. The number of benzene rings is 1. The molecular weight excluding hydrogens is 352 g/mol. The van der Waals surface area contributed by atoms with Gasteiger partial charge in [-0.3, -0.25) is 13.9 Å². The normalized spacial score (nSPS) is 14.4. The van der Waals surface area contributed by atoms with Crippen LogP contribution < -0.4 is 9.62 Å². The Balaban J connectivity index is 2.06. The van der Waals surface area contributed by atoms with Gasteiger partial charge >= 0.3 is 0 Å². The molecule has 0 atom stereocenters. The molecule has 24 heavy (non-hydrogen) atoms. The number of carbonyl (C=O) groups excluding carboxylic acids is 2. The van der Waals surface area contributed by atoms with Gasteiger partial charge in [0, 0.05) is 25.5 Å². The van der Waals surface area contributed by atoms with Crippen LogP contribution in [0.2, 0.25) is 0 Å². The molecular formula is C14H14N4O4S2. The van der Waals surface area contributed by atoms with Gasteiger partial charge in [0.25, 0.3) is 14.4 Å². The molecule has 1 aliphatic heterocycles. The zero-order valence-electron chi connectivity index (χ0n) is 12.9. The van der Waals surface area contributed by atoms with Gasteiger partial charge in [0.15, 0.2) is 5.78 Å². The number of Topliss-reactive ketones (excluding diaryl/α,β-unsaturated/α-hetero) is 1. The lowest BCUT2D eigenvalue weighted by Crippen LogP contribution is -2.38. The monoisotopic (exact) mass is 366 g/mol. The Hall–Kier alpha value is -2.33. The summed E-state index contributed by atoms with van der Waals surface area (Å²) >= 11 is 0.774. The average molecular weight is 366 g/mol. The van der Waals surface area contributed by atoms with Gasteiger partial charge in [-0.05, 0) is 18.6 Å². The van der Waals surface area contributed by atoms with E-state index in [0.717, 1.165) is 11.3 Å². The van der Waals surface area contributed by atoms with Crippen molar-refractivity contribution >= 4 is 43.9 Å². The first-order valence-corrected chi connectivity index (χ1v) is 9.33. The molecule has 1 aliphatic rings. The SMILES string of the molecule is CC(=O)Nc1nnc(S(=O)(=O)N2CCC(=O)c3cccc(C)c32)s1. The molecule has 0 saturated heterocycles. The highest BCUT2D eigenvalue weighted by molar-refractivity contribution is 7.94. The van der Waals surface area contributed by atoms with Crippen LogP contribution in [0.3, 0.4) is 0 Å². The molecule has 2 heterocycles. The number of amides is 1. The number of fused-ring (bicyclic) bond motifs is 1. The Kier molecular flexibility index (Phi) is 4.10. The molecule has 1 aromatic heterocycles. The van der Waals surface area contributed by atoms with Crippen molar-refractivity contribution in [3.05, 3.63) is 29.3 Å². The van der Waals surface area contributed by atoms with E-state index in [4.69, 9.17) is 0 Å². The number of aromatic nitrogens is 2. The smallest absolute Gasteiger partial charge is 0.293 e. The summed E-state index contributed by atoms with van der Waals surface area (Å²) in [6.45, 7) is 3.10. The van der Waals surface area contributed by atoms with Crippen LogP contribution in [0.4, 0.5) is 10.8 Å². The highest BCUT2D eigenvalue weighted by atomic mass is 32.2. The van der Waals surface area contributed by atoms with E-state index < -0.39 is 10.0 Å². The summed E-state index contributed by atoms with van der Waals surface area (Å²) in [5, 5.41) is 9.87. The van der Waals surface area contributed by atoms with E-state index in [1.807, 2.05) is 0 Å². The topological polar surface area (TPSA) is 109 Å². The molecule has 2 aromatic rings. The van der Waals surface area contributed by atoms with E-state index in [1.54, 1.807) is 25.1 Å². The van der Waals surface area contributed by atoms with Crippen LogP contribution in [0.5, 0.6) is 0 Å². The Labute approximate surface area is 142 Å². The number of rotatable bonds is 3. The average Bonchev–Trinajstić information content (AvgIpc) is 2.97. The van der Waals surface area contributed by atoms with Gasteiger partial charge in [-0.15, -0.1) is 10.2 Å². The lowest BCUT2D eigenvalue weighted by molar-refractivity contribution is -0.114. The third kappa shape index (κ3) is 2.78. The fourth-order valence-corrected chi connectivity index (χ4v) is 5.11. The molecule has 0 bridgehead atoms. The summed E-state index contributed by atoms with van der Waals surface area (Å²) in [5.41, 5.74) is 1.46. The Morgan fingerprint density at radius 3 is 2.79 bits per heavy atom. The lowest BCUT2D eigenvalue weighted by Gasteiger charge is -2.30. The number of carbonyl (C=O) groups is 2. The molecule has 0 spiro atoms. The highest BCUT2D eigenvalue weighted by Crippen LogP contribution is 2.35. The molecule has 0 radical (unpaired) electrons. The molecule has 0 aliphatic carbocycles. The van der Waals surface area contributed by atoms with E-state index >= 15 is 0 Å². The molecule has 1 amide bonds. The Morgan fingerprint density at radius 2 is 2.08 bits per heavy atom. The number of hydrogen-bond acceptors (Lipinski definition) is 7. The summed E-state index contributed by atoms with van der Waals surface area (Å²) < 4.78 is 26.8. The van der Waals surface area contributed by atoms with Gasteiger partial charge < -0.3 is 5.32 Å². The zero-order valence-corrected chi connectivity index (χ0v) is 14.6. The predicted molar refractivity (Wildman–Crippen MR) is 88.9 cm³/mol. The molecule has 0 saturated carbocycles. The minimum absolute atomic E-state index is 0.0497. The zero-order chi connectivity index (χ0) is 17.5. The molecule has 126 valence electrons. The van der Waals surface area contributed by atoms with E-state index in [-0.39, 0.29) is 34.1 Å². The van der Waals surface area contributed by atoms with Gasteiger partial charge in [0.2, 0.25) is 11.0 Å². The number of ketones is 1. The van der Waals surface area contributed by atoms with Gasteiger partial charge in [0.05, 0.1) is 5.69 Å². The van der Waals surface area contributed by atoms with Crippen molar-refractivity contribution in [1.29, 1.82) is 0 Å². The molecule has 3 rings (SSSR count). The standard InChI is InChI=1S/C14H14N4O4S2/c1-8-4-3-5-10-11(20)6-7-18(12(8)10)24(21,22)14-17-16-13(23-14)15-9(2)19/h3-5H,6-7H2,1-2H3,(H,15,16,19). The van der Waals surface area contributed by atoms with Gasteiger partial charge in [-0.1, -0.05) is 23.5 Å². The van der Waals surface area contributed by atoms with Crippen molar-refractivity contribution < 1.29 is 18.0 Å². The maximum absolute atomic E-state index is 12.9. The molecule has 1 N–H and O–H groups in total. The summed E-state index contributed by atoms with van der Waals surface area (Å²) in [6.07, 6.45) is 0.104. The van der Waals surface area contributed by atoms with Crippen LogP contribution in [0.1, 0.15) is 29.3 Å². The van der Waals surface area contributed by atoms with Crippen molar-refractivity contribution in [2.75, 3.05) is 16.2 Å². The number of nitrogens with one attached hydrogen (secondary N) is 1. The maximum Gasteiger partial charge on any atom is 0.293 e. The van der Waals surface area contributed by atoms with Crippen LogP contribution in [0.25, 0.3) is 0 Å². The molecule has 1 aromatic carbocycles. The van der Waals surface area contributed by atoms with Crippen molar-refractivity contribution in [2.45, 2.75) is 24.6 Å². The van der Waals surface area contributed by atoms with E-state index in [9.17, 15) is 18.0 Å². The van der Waals surface area contributed by atoms with Crippen LogP contribution >= 0.6 is 11.3 Å². The number of para-hydroxylation sites is 1. The minimum atomic E-state index is -3.96. The third-order valence-electron chi connectivity index (χ3n) is 3.53. The molecule has 10 heteroatoms. The van der Waals surface area contributed by atoms with Gasteiger partial charge in [-0.2, -0.15) is 8.42 Å². The fourth-order valence-electron chi connectivity index (χ4n) is 2.51. The van der Waals surface area contributed by atoms with Crippen molar-refractivity contribution in [3.63, 3.8) is 0 Å². The summed E-state index contributed by atoms with van der Waals surface area (Å²) in [5.74, 6) is -0.448. The van der Waals surface area contributed by atoms with E-state index in [0.29, 0.717) is 16.8 Å². The molecule has 0 unspecified atom stereocenters. The minimum Gasteiger partial charge on any atom is -0.301 e. The summed E-state index contributed by atoms with van der Waals surface area (Å²) in [7, 11) is -3.96. The number of sulfonamides is 1. The second-order valence-electron chi connectivity index (χ2n) is 5.28. The number of aryl methyl sites for hydroxylation is 1. The predicted octanol–water partition coefficient (Wildman–Crippen LogP) is 1.59. The van der Waals surface area contributed by atoms with Crippen molar-refractivity contribution in [2.24, 2.45) is 0 Å². The van der Waals surface area contributed by atoms with Gasteiger partial charge in [-0.25, -0.2) is 0 Å². The Morgan fingerprint density at radius 1 is 1.33 bits per heavy atom. The second kappa shape index (κ2) is 5.95. The van der Waals surface area contributed by atoms with Gasteiger partial charge in [0.1, 0.15) is 0 Å². The van der Waals surface area contributed by atoms with Crippen LogP contribution in [0, 0.1) is 6.92 Å². The summed E-state index contributed by atoms with van der Waals surface area (Å²) in [4.78, 5) is 23.1. The van der Waals surface area contributed by atoms with Crippen LogP contribution in [0.15, 0.2) is 22.5 Å². The number of hydrogen-bond donors (Lipinski definition) is 1. The largest absolute Gasteiger partial charge is 0.301 e. The van der Waals surface area contributed by atoms with Crippen LogP contribution in [-0.4, -0.2) is 36.9 Å². The van der Waals surface area contributed by atoms with Crippen molar-refractivity contribution in [3.8, 4) is 0 Å². The first-order valence-electron chi connectivity index (χ1n) is 7.07. The van der Waals surface area contributed by atoms with Crippen LogP contribution in [-0.2, 0) is 14.8 Å². The molecule has 8 nitrogen and oxygen atoms in total. The summed E-state index contributed by atoms with van der Waals surface area (Å²) in [6, 6.07) is 5.10.